The Labute approximate surface area is 106 Å². The van der Waals surface area contributed by atoms with Crippen LogP contribution < -0.4 is 4.90 Å². The molecular weight excluding hydrogens is 266 g/mol. The van der Waals surface area contributed by atoms with E-state index in [0.29, 0.717) is 11.5 Å². The fourth-order valence-corrected chi connectivity index (χ4v) is 2.22. The summed E-state index contributed by atoms with van der Waals surface area (Å²) in [5, 5.41) is 13.5. The molecule has 8 heteroatoms. The van der Waals surface area contributed by atoms with Gasteiger partial charge in [-0.1, -0.05) is 11.6 Å². The molecule has 96 valence electrons. The zero-order valence-electron chi connectivity index (χ0n) is 9.09. The third-order valence-electron chi connectivity index (χ3n) is 2.92. The van der Waals surface area contributed by atoms with Gasteiger partial charge in [-0.15, -0.1) is 0 Å². The van der Waals surface area contributed by atoms with Gasteiger partial charge in [0.1, 0.15) is 17.1 Å². The molecule has 3 rings (SSSR count). The Morgan fingerprint density at radius 3 is 2.94 bits per heavy atom. The summed E-state index contributed by atoms with van der Waals surface area (Å²) < 4.78 is 28.1. The predicted molar refractivity (Wildman–Crippen MR) is 61.2 cm³/mol. The van der Waals surface area contributed by atoms with Gasteiger partial charge in [-0.25, -0.2) is 13.8 Å². The van der Waals surface area contributed by atoms with Crippen LogP contribution >= 0.6 is 11.6 Å². The highest BCUT2D eigenvalue weighted by molar-refractivity contribution is 6.29. The maximum absolute atomic E-state index is 13.3. The minimum Gasteiger partial charge on any atom is -0.385 e. The van der Waals surface area contributed by atoms with E-state index in [2.05, 4.69) is 10.1 Å². The largest absolute Gasteiger partial charge is 0.385 e. The Morgan fingerprint density at radius 1 is 1.50 bits per heavy atom. The molecule has 0 radical (unpaired) electrons. The lowest BCUT2D eigenvalue weighted by Crippen LogP contribution is -2.31. The number of aromatic nitrogens is 3. The SMILES string of the molecule is OC1CN(c2cc(Cl)nc3ccnn23)CC1(F)F. The van der Waals surface area contributed by atoms with Crippen molar-refractivity contribution < 1.29 is 13.9 Å². The number of hydrogen-bond acceptors (Lipinski definition) is 4. The smallest absolute Gasteiger partial charge is 0.292 e. The number of β-amino-alcohol motifs (C(OH)–C–C–N with tert-alkyl or cyclic N) is 1. The van der Waals surface area contributed by atoms with Gasteiger partial charge >= 0.3 is 0 Å². The van der Waals surface area contributed by atoms with Crippen molar-refractivity contribution in [3.8, 4) is 0 Å². The fraction of sp³-hybridized carbons (Fsp3) is 0.400. The van der Waals surface area contributed by atoms with Crippen molar-refractivity contribution in [2.45, 2.75) is 12.0 Å². The van der Waals surface area contributed by atoms with E-state index in [-0.39, 0.29) is 11.7 Å². The highest BCUT2D eigenvalue weighted by Gasteiger charge is 2.47. The van der Waals surface area contributed by atoms with Crippen molar-refractivity contribution in [2.75, 3.05) is 18.0 Å². The molecule has 0 saturated carbocycles. The Kier molecular flexibility index (Phi) is 2.43. The first-order chi connectivity index (χ1) is 8.47. The first-order valence-electron chi connectivity index (χ1n) is 5.28. The number of fused-ring (bicyclic) bond motifs is 1. The van der Waals surface area contributed by atoms with Crippen LogP contribution in [0.3, 0.4) is 0 Å². The zero-order chi connectivity index (χ0) is 12.9. The van der Waals surface area contributed by atoms with E-state index in [4.69, 9.17) is 11.6 Å². The second kappa shape index (κ2) is 3.76. The van der Waals surface area contributed by atoms with Gasteiger partial charge in [-0.05, 0) is 0 Å². The topological polar surface area (TPSA) is 53.7 Å². The second-order valence-corrected chi connectivity index (χ2v) is 4.58. The lowest BCUT2D eigenvalue weighted by atomic mass is 10.2. The summed E-state index contributed by atoms with van der Waals surface area (Å²) in [5.41, 5.74) is 0.474. The average Bonchev–Trinajstić information content (AvgIpc) is 2.83. The normalized spacial score (nSPS) is 22.9. The quantitative estimate of drug-likeness (QED) is 0.794. The summed E-state index contributed by atoms with van der Waals surface area (Å²) in [7, 11) is 0. The van der Waals surface area contributed by atoms with E-state index in [1.54, 1.807) is 6.07 Å². The molecule has 2 aromatic heterocycles. The number of hydrogen-bond donors (Lipinski definition) is 1. The van der Waals surface area contributed by atoms with Crippen LogP contribution in [-0.4, -0.2) is 44.8 Å². The van der Waals surface area contributed by atoms with Crippen molar-refractivity contribution in [3.05, 3.63) is 23.5 Å². The van der Waals surface area contributed by atoms with Gasteiger partial charge in [-0.3, -0.25) is 0 Å². The number of aliphatic hydroxyl groups excluding tert-OH is 1. The van der Waals surface area contributed by atoms with Gasteiger partial charge in [0.15, 0.2) is 5.65 Å². The second-order valence-electron chi connectivity index (χ2n) is 4.20. The van der Waals surface area contributed by atoms with Gasteiger partial charge < -0.3 is 10.0 Å². The Balaban J connectivity index is 2.07. The molecule has 1 aliphatic heterocycles. The van der Waals surface area contributed by atoms with Crippen molar-refractivity contribution in [2.24, 2.45) is 0 Å². The molecule has 1 N–H and O–H groups in total. The van der Waals surface area contributed by atoms with Crippen molar-refractivity contribution in [1.82, 2.24) is 14.6 Å². The number of alkyl halides is 2. The Morgan fingerprint density at radius 2 is 2.28 bits per heavy atom. The Bertz CT molecular complexity index is 603. The summed E-state index contributed by atoms with van der Waals surface area (Å²) in [4.78, 5) is 5.36. The van der Waals surface area contributed by atoms with Crippen molar-refractivity contribution in [1.29, 1.82) is 0 Å². The van der Waals surface area contributed by atoms with Crippen LogP contribution in [0.2, 0.25) is 5.15 Å². The molecular formula is C10H9ClF2N4O. The maximum Gasteiger partial charge on any atom is 0.292 e. The van der Waals surface area contributed by atoms with E-state index in [1.807, 2.05) is 0 Å². The minimum absolute atomic E-state index is 0.164. The van der Waals surface area contributed by atoms with Gasteiger partial charge in [0.2, 0.25) is 0 Å². The first kappa shape index (κ1) is 11.6. The van der Waals surface area contributed by atoms with E-state index < -0.39 is 18.6 Å². The number of rotatable bonds is 1. The summed E-state index contributed by atoms with van der Waals surface area (Å²) in [5.74, 6) is -2.74. The highest BCUT2D eigenvalue weighted by Crippen LogP contribution is 2.32. The molecule has 0 aliphatic carbocycles. The third-order valence-corrected chi connectivity index (χ3v) is 3.11. The molecule has 0 amide bonds. The van der Waals surface area contributed by atoms with E-state index in [1.165, 1.54) is 21.7 Å². The molecule has 1 atom stereocenters. The monoisotopic (exact) mass is 274 g/mol. The van der Waals surface area contributed by atoms with Crippen LogP contribution in [0.25, 0.3) is 5.65 Å². The minimum atomic E-state index is -3.13. The Hall–Kier alpha value is -1.47. The van der Waals surface area contributed by atoms with Crippen LogP contribution in [-0.2, 0) is 0 Å². The summed E-state index contributed by atoms with van der Waals surface area (Å²) in [6.45, 7) is -0.730. The zero-order valence-corrected chi connectivity index (χ0v) is 9.85. The third kappa shape index (κ3) is 1.70. The van der Waals surface area contributed by atoms with Crippen LogP contribution in [0.15, 0.2) is 18.3 Å². The van der Waals surface area contributed by atoms with Gasteiger partial charge in [0.05, 0.1) is 19.3 Å². The standard InChI is InChI=1S/C10H9ClF2N4O/c11-7-3-9(17-8(15-7)1-2-14-17)16-4-6(18)10(12,13)5-16/h1-3,6,18H,4-5H2. The molecule has 5 nitrogen and oxygen atoms in total. The van der Waals surface area contributed by atoms with Gasteiger partial charge in [0, 0.05) is 12.1 Å². The van der Waals surface area contributed by atoms with E-state index in [9.17, 15) is 13.9 Å². The van der Waals surface area contributed by atoms with Crippen LogP contribution in [0, 0.1) is 0 Å². The summed E-state index contributed by atoms with van der Waals surface area (Å²) in [6.07, 6.45) is -0.178. The molecule has 1 fully saturated rings. The van der Waals surface area contributed by atoms with Crippen LogP contribution in [0.5, 0.6) is 0 Å². The number of nitrogens with zero attached hydrogens (tertiary/aromatic N) is 4. The highest BCUT2D eigenvalue weighted by atomic mass is 35.5. The molecule has 1 unspecified atom stereocenters. The van der Waals surface area contributed by atoms with Crippen LogP contribution in [0.4, 0.5) is 14.6 Å². The molecule has 1 aliphatic rings. The molecule has 0 aromatic carbocycles. The van der Waals surface area contributed by atoms with E-state index >= 15 is 0 Å². The molecule has 18 heavy (non-hydrogen) atoms. The van der Waals surface area contributed by atoms with Crippen molar-refractivity contribution in [3.63, 3.8) is 0 Å². The maximum atomic E-state index is 13.3. The molecule has 0 bridgehead atoms. The lowest BCUT2D eigenvalue weighted by Gasteiger charge is -2.18. The molecule has 1 saturated heterocycles. The lowest BCUT2D eigenvalue weighted by molar-refractivity contribution is -0.0712. The van der Waals surface area contributed by atoms with Gasteiger partial charge in [0.25, 0.3) is 5.92 Å². The van der Waals surface area contributed by atoms with Gasteiger partial charge in [-0.2, -0.15) is 9.61 Å². The molecule has 3 heterocycles. The molecule has 2 aromatic rings. The predicted octanol–water partition coefficient (Wildman–Crippen LogP) is 1.20. The summed E-state index contributed by atoms with van der Waals surface area (Å²) >= 11 is 5.84. The van der Waals surface area contributed by atoms with Crippen molar-refractivity contribution >= 4 is 23.1 Å². The number of anilines is 1. The fourth-order valence-electron chi connectivity index (χ4n) is 2.03. The van der Waals surface area contributed by atoms with E-state index in [0.717, 1.165) is 0 Å². The number of aliphatic hydroxyl groups is 1. The average molecular weight is 275 g/mol. The first-order valence-corrected chi connectivity index (χ1v) is 5.66. The number of halogens is 3. The summed E-state index contributed by atoms with van der Waals surface area (Å²) in [6, 6.07) is 3.08. The van der Waals surface area contributed by atoms with Crippen LogP contribution in [0.1, 0.15) is 0 Å². The molecule has 0 spiro atoms.